The lowest BCUT2D eigenvalue weighted by molar-refractivity contribution is -0.385. The molecule has 1 aromatic rings. The molecule has 2 aliphatic rings. The number of likely N-dealkylation sites (tertiary alicyclic amines) is 1. The van der Waals surface area contributed by atoms with Crippen LogP contribution in [0, 0.1) is 21.4 Å². The molecule has 7 nitrogen and oxygen atoms in total. The molecule has 0 amide bonds. The zero-order valence-electron chi connectivity index (χ0n) is 14.4. The van der Waals surface area contributed by atoms with Crippen LogP contribution in [0.25, 0.3) is 0 Å². The van der Waals surface area contributed by atoms with E-state index in [-0.39, 0.29) is 17.4 Å². The normalized spacial score (nSPS) is 21.2. The number of nitriles is 1. The van der Waals surface area contributed by atoms with Gasteiger partial charge in [-0.1, -0.05) is 6.42 Å². The van der Waals surface area contributed by atoms with E-state index in [0.29, 0.717) is 0 Å². The van der Waals surface area contributed by atoms with Gasteiger partial charge in [-0.2, -0.15) is 5.26 Å². The fraction of sp³-hybridized carbons (Fsp3) is 0.611. The third kappa shape index (κ3) is 4.47. The second kappa shape index (κ2) is 8.28. The summed E-state index contributed by atoms with van der Waals surface area (Å²) in [5, 5.41) is 20.1. The lowest BCUT2D eigenvalue weighted by Crippen LogP contribution is -2.34. The molecule has 1 aromatic carbocycles. The number of rotatable bonds is 6. The zero-order valence-corrected chi connectivity index (χ0v) is 14.4. The first-order valence-electron chi connectivity index (χ1n) is 8.95. The monoisotopic (exact) mass is 344 g/mol. The van der Waals surface area contributed by atoms with Crippen molar-refractivity contribution in [1.29, 1.82) is 5.26 Å². The molecule has 7 heteroatoms. The Kier molecular flexibility index (Phi) is 5.84. The Hall–Kier alpha value is -2.17. The molecular weight excluding hydrogens is 320 g/mol. The van der Waals surface area contributed by atoms with E-state index in [1.807, 2.05) is 6.07 Å². The maximum Gasteiger partial charge on any atom is 0.287 e. The number of benzene rings is 1. The van der Waals surface area contributed by atoms with Crippen molar-refractivity contribution >= 4 is 11.4 Å². The maximum absolute atomic E-state index is 10.9. The van der Waals surface area contributed by atoms with Crippen molar-refractivity contribution < 1.29 is 9.66 Å². The Bertz CT molecular complexity index is 652. The summed E-state index contributed by atoms with van der Waals surface area (Å²) < 4.78 is 6.02. The van der Waals surface area contributed by atoms with Gasteiger partial charge < -0.3 is 14.5 Å². The molecule has 0 spiro atoms. The number of hydrogen-bond donors (Lipinski definition) is 0. The van der Waals surface area contributed by atoms with Crippen LogP contribution < -0.4 is 4.90 Å². The number of nitrogens with zero attached hydrogens (tertiary/aromatic N) is 4. The van der Waals surface area contributed by atoms with Crippen LogP contribution in [-0.2, 0) is 4.74 Å². The molecule has 0 aromatic heterocycles. The standard InChI is InChI=1S/C18H24N4O3/c19-13-15-12-16(4-5-18(15)22(23)24)21-9-6-17(14-21)25-11-10-20-7-2-1-3-8-20/h4-5,12,17H,1-3,6-11,14H2/t17-/m0/s1. The van der Waals surface area contributed by atoms with E-state index in [4.69, 9.17) is 10.00 Å². The van der Waals surface area contributed by atoms with Gasteiger partial charge in [-0.25, -0.2) is 0 Å². The van der Waals surface area contributed by atoms with E-state index in [0.717, 1.165) is 38.3 Å². The van der Waals surface area contributed by atoms with Crippen molar-refractivity contribution in [3.8, 4) is 6.07 Å². The average molecular weight is 344 g/mol. The van der Waals surface area contributed by atoms with Crippen LogP contribution in [0.15, 0.2) is 18.2 Å². The smallest absolute Gasteiger partial charge is 0.287 e. The summed E-state index contributed by atoms with van der Waals surface area (Å²) in [5.74, 6) is 0. The van der Waals surface area contributed by atoms with E-state index in [9.17, 15) is 10.1 Å². The molecule has 0 aliphatic carbocycles. The second-order valence-corrected chi connectivity index (χ2v) is 6.70. The molecule has 0 radical (unpaired) electrons. The van der Waals surface area contributed by atoms with Crippen molar-refractivity contribution in [2.75, 3.05) is 44.2 Å². The molecule has 0 saturated carbocycles. The quantitative estimate of drug-likeness (QED) is 0.582. The molecule has 1 atom stereocenters. The molecule has 3 rings (SSSR count). The fourth-order valence-corrected chi connectivity index (χ4v) is 3.60. The van der Waals surface area contributed by atoms with E-state index < -0.39 is 4.92 Å². The van der Waals surface area contributed by atoms with Crippen molar-refractivity contribution in [2.45, 2.75) is 31.8 Å². The van der Waals surface area contributed by atoms with Crippen molar-refractivity contribution in [1.82, 2.24) is 4.90 Å². The first kappa shape index (κ1) is 17.6. The van der Waals surface area contributed by atoms with Crippen LogP contribution in [0.1, 0.15) is 31.2 Å². The topological polar surface area (TPSA) is 82.6 Å². The fourth-order valence-electron chi connectivity index (χ4n) is 3.60. The molecule has 2 fully saturated rings. The highest BCUT2D eigenvalue weighted by Gasteiger charge is 2.25. The highest BCUT2D eigenvalue weighted by atomic mass is 16.6. The molecule has 0 N–H and O–H groups in total. The van der Waals surface area contributed by atoms with Crippen molar-refractivity contribution in [3.05, 3.63) is 33.9 Å². The van der Waals surface area contributed by atoms with Crippen LogP contribution >= 0.6 is 0 Å². The lowest BCUT2D eigenvalue weighted by Gasteiger charge is -2.26. The Morgan fingerprint density at radius 1 is 1.28 bits per heavy atom. The molecule has 0 unspecified atom stereocenters. The summed E-state index contributed by atoms with van der Waals surface area (Å²) in [6, 6.07) is 6.66. The van der Waals surface area contributed by atoms with Crippen LogP contribution in [0.3, 0.4) is 0 Å². The van der Waals surface area contributed by atoms with Gasteiger partial charge in [0.25, 0.3) is 5.69 Å². The number of nitro groups is 1. The Labute approximate surface area is 147 Å². The summed E-state index contributed by atoms with van der Waals surface area (Å²) >= 11 is 0. The molecule has 25 heavy (non-hydrogen) atoms. The predicted octanol–water partition coefficient (Wildman–Crippen LogP) is 2.55. The van der Waals surface area contributed by atoms with Crippen molar-refractivity contribution in [2.24, 2.45) is 0 Å². The van der Waals surface area contributed by atoms with E-state index in [2.05, 4.69) is 9.80 Å². The van der Waals surface area contributed by atoms with Crippen molar-refractivity contribution in [3.63, 3.8) is 0 Å². The molecule has 0 bridgehead atoms. The minimum Gasteiger partial charge on any atom is -0.375 e. The molecule has 134 valence electrons. The van der Waals surface area contributed by atoms with Gasteiger partial charge in [0.05, 0.1) is 17.6 Å². The summed E-state index contributed by atoms with van der Waals surface area (Å²) in [7, 11) is 0. The van der Waals surface area contributed by atoms with Gasteiger partial charge in [0.2, 0.25) is 0 Å². The predicted molar refractivity (Wildman–Crippen MR) is 94.7 cm³/mol. The van der Waals surface area contributed by atoms with Gasteiger partial charge in [-0.15, -0.1) is 0 Å². The van der Waals surface area contributed by atoms with Crippen LogP contribution in [-0.4, -0.2) is 55.3 Å². The summed E-state index contributed by atoms with van der Waals surface area (Å²) in [5.41, 5.74) is 0.820. The van der Waals surface area contributed by atoms with E-state index in [1.165, 1.54) is 38.4 Å². The van der Waals surface area contributed by atoms with Crippen LogP contribution in [0.2, 0.25) is 0 Å². The summed E-state index contributed by atoms with van der Waals surface area (Å²) in [4.78, 5) is 15.0. The van der Waals surface area contributed by atoms with Gasteiger partial charge in [0, 0.05) is 31.4 Å². The second-order valence-electron chi connectivity index (χ2n) is 6.70. The minimum atomic E-state index is -0.515. The van der Waals surface area contributed by atoms with Gasteiger partial charge in [0.15, 0.2) is 0 Å². The largest absolute Gasteiger partial charge is 0.375 e. The maximum atomic E-state index is 10.9. The molecule has 2 saturated heterocycles. The first-order chi connectivity index (χ1) is 12.2. The Morgan fingerprint density at radius 3 is 2.80 bits per heavy atom. The Morgan fingerprint density at radius 2 is 2.08 bits per heavy atom. The zero-order chi connectivity index (χ0) is 17.6. The third-order valence-corrected chi connectivity index (χ3v) is 5.02. The first-order valence-corrected chi connectivity index (χ1v) is 8.95. The van der Waals surface area contributed by atoms with Crippen LogP contribution in [0.4, 0.5) is 11.4 Å². The number of anilines is 1. The highest BCUT2D eigenvalue weighted by molar-refractivity contribution is 5.60. The number of piperidine rings is 1. The van der Waals surface area contributed by atoms with Gasteiger partial charge in [0.1, 0.15) is 11.6 Å². The number of hydrogen-bond acceptors (Lipinski definition) is 6. The van der Waals surface area contributed by atoms with Crippen LogP contribution in [0.5, 0.6) is 0 Å². The molecule has 2 aliphatic heterocycles. The lowest BCUT2D eigenvalue weighted by atomic mass is 10.1. The third-order valence-electron chi connectivity index (χ3n) is 5.02. The number of ether oxygens (including phenoxy) is 1. The van der Waals surface area contributed by atoms with Gasteiger partial charge in [-0.05, 0) is 44.5 Å². The average Bonchev–Trinajstić information content (AvgIpc) is 3.11. The van der Waals surface area contributed by atoms with Gasteiger partial charge >= 0.3 is 0 Å². The SMILES string of the molecule is N#Cc1cc(N2CC[C@H](OCCN3CCCCC3)C2)ccc1[N+](=O)[O-]. The van der Waals surface area contributed by atoms with E-state index in [1.54, 1.807) is 12.1 Å². The summed E-state index contributed by atoms with van der Waals surface area (Å²) in [6.07, 6.45) is 5.05. The van der Waals surface area contributed by atoms with Gasteiger partial charge in [-0.3, -0.25) is 10.1 Å². The van der Waals surface area contributed by atoms with E-state index >= 15 is 0 Å². The molecule has 2 heterocycles. The highest BCUT2D eigenvalue weighted by Crippen LogP contribution is 2.27. The minimum absolute atomic E-state index is 0.108. The summed E-state index contributed by atoms with van der Waals surface area (Å²) in [6.45, 7) is 5.72. The Balaban J connectivity index is 1.50. The number of nitro benzene ring substituents is 1. The molecular formula is C18H24N4O3.